The zero-order chi connectivity index (χ0) is 32.6. The van der Waals surface area contributed by atoms with E-state index >= 15 is 0 Å². The Labute approximate surface area is 262 Å². The Balaban J connectivity index is 1.35. The van der Waals surface area contributed by atoms with Crippen LogP contribution in [0.4, 0.5) is 22.0 Å². The number of alkyl halides is 3. The van der Waals surface area contributed by atoms with Crippen LogP contribution in [0.3, 0.4) is 0 Å². The fourth-order valence-electron chi connectivity index (χ4n) is 5.15. The third kappa shape index (κ3) is 10.3. The first-order chi connectivity index (χ1) is 21.4. The molecule has 7 nitrogen and oxygen atoms in total. The highest BCUT2D eigenvalue weighted by Gasteiger charge is 2.30. The second kappa shape index (κ2) is 15.7. The Hall–Kier alpha value is -3.45. The Morgan fingerprint density at radius 1 is 1.07 bits per heavy atom. The Morgan fingerprint density at radius 3 is 2.36 bits per heavy atom. The van der Waals surface area contributed by atoms with E-state index in [-0.39, 0.29) is 37.9 Å². The number of nitrogens with one attached hydrogen (secondary N) is 1. The molecule has 0 amide bonds. The fourth-order valence-corrected chi connectivity index (χ4v) is 5.27. The molecule has 0 unspecified atom stereocenters. The number of ether oxygens (including phenoxy) is 2. The molecule has 0 radical (unpaired) electrons. The van der Waals surface area contributed by atoms with E-state index in [1.165, 1.54) is 18.3 Å². The minimum absolute atomic E-state index is 0.135. The number of morpholine rings is 1. The van der Waals surface area contributed by atoms with E-state index in [0.29, 0.717) is 40.2 Å². The van der Waals surface area contributed by atoms with Crippen molar-refractivity contribution in [3.8, 4) is 0 Å². The van der Waals surface area contributed by atoms with E-state index in [9.17, 15) is 31.5 Å². The molecule has 3 N–H and O–H groups in total. The van der Waals surface area contributed by atoms with Crippen LogP contribution in [-0.4, -0.2) is 60.9 Å². The fraction of sp³-hybridized carbons (Fsp3) is 0.406. The largest absolute Gasteiger partial charge is 0.464 e. The predicted octanol–water partition coefficient (Wildman–Crippen LogP) is 5.46. The van der Waals surface area contributed by atoms with Gasteiger partial charge in [-0.15, -0.1) is 0 Å². The molecule has 13 heteroatoms. The van der Waals surface area contributed by atoms with Crippen molar-refractivity contribution >= 4 is 23.4 Å². The quantitative estimate of drug-likeness (QED) is 0.187. The first-order valence-electron chi connectivity index (χ1n) is 14.4. The summed E-state index contributed by atoms with van der Waals surface area (Å²) in [6, 6.07) is 11.1. The lowest BCUT2D eigenvalue weighted by Gasteiger charge is -2.30. The first kappa shape index (κ1) is 34.4. The van der Waals surface area contributed by atoms with Gasteiger partial charge >= 0.3 is 12.1 Å². The van der Waals surface area contributed by atoms with Gasteiger partial charge in [-0.3, -0.25) is 14.6 Å². The first-order valence-corrected chi connectivity index (χ1v) is 14.7. The van der Waals surface area contributed by atoms with Gasteiger partial charge in [0.2, 0.25) is 0 Å². The van der Waals surface area contributed by atoms with Gasteiger partial charge in [0, 0.05) is 30.1 Å². The molecule has 4 atom stereocenters. The van der Waals surface area contributed by atoms with Crippen molar-refractivity contribution in [2.45, 2.75) is 62.4 Å². The molecular formula is C32H33ClF5N3O4. The van der Waals surface area contributed by atoms with Gasteiger partial charge in [-0.05, 0) is 59.4 Å². The van der Waals surface area contributed by atoms with Crippen LogP contribution in [0.1, 0.15) is 47.4 Å². The van der Waals surface area contributed by atoms with Crippen molar-refractivity contribution in [3.63, 3.8) is 0 Å². The van der Waals surface area contributed by atoms with Crippen molar-refractivity contribution in [1.29, 1.82) is 0 Å². The highest BCUT2D eigenvalue weighted by molar-refractivity contribution is 6.30. The zero-order valence-electron chi connectivity index (χ0n) is 24.2. The number of rotatable bonds is 13. The highest BCUT2D eigenvalue weighted by atomic mass is 35.5. The smallest absolute Gasteiger partial charge is 0.389 e. The number of Topliss-reactive ketones (excluding diaryl/α,β-unsaturated/α-hetero) is 1. The monoisotopic (exact) mass is 653 g/mol. The van der Waals surface area contributed by atoms with Gasteiger partial charge in [0.1, 0.15) is 18.2 Å². The summed E-state index contributed by atoms with van der Waals surface area (Å²) >= 11 is 6.05. The predicted molar refractivity (Wildman–Crippen MR) is 157 cm³/mol. The molecule has 2 heterocycles. The molecule has 242 valence electrons. The minimum atomic E-state index is -4.43. The van der Waals surface area contributed by atoms with Crippen LogP contribution < -0.4 is 11.1 Å². The number of hydrogen-bond acceptors (Lipinski definition) is 7. The van der Waals surface area contributed by atoms with Crippen molar-refractivity contribution in [2.24, 2.45) is 5.73 Å². The van der Waals surface area contributed by atoms with Crippen molar-refractivity contribution in [2.75, 3.05) is 19.8 Å². The van der Waals surface area contributed by atoms with Crippen LogP contribution in [0.25, 0.3) is 0 Å². The van der Waals surface area contributed by atoms with Gasteiger partial charge in [0.25, 0.3) is 0 Å². The number of pyridine rings is 1. The standard InChI is InChI=1S/C32H33ClF5N3O4/c33-22-5-1-19(2-6-22)30(20-3-7-23(34)8-4-20)31(39)28(42)13-21-14-40-16-27(35)26(21)10-9-25-15-41-24(17-44-25)18-45-29(43)11-12-32(36,37)38/h1-8,14,16,24-25,30-31,41H,9-13,15,17-18,39H2/t24-,25+,30-,31+/m0/s1. The molecule has 1 aliphatic rings. The van der Waals surface area contributed by atoms with E-state index in [1.807, 2.05) is 0 Å². The molecule has 1 aliphatic heterocycles. The highest BCUT2D eigenvalue weighted by Crippen LogP contribution is 2.30. The summed E-state index contributed by atoms with van der Waals surface area (Å²) in [6.07, 6.45) is -3.81. The maximum Gasteiger partial charge on any atom is 0.389 e. The van der Waals surface area contributed by atoms with Crippen LogP contribution in [0, 0.1) is 11.6 Å². The summed E-state index contributed by atoms with van der Waals surface area (Å²) in [7, 11) is 0. The molecule has 45 heavy (non-hydrogen) atoms. The number of hydrogen-bond donors (Lipinski definition) is 2. The average molecular weight is 654 g/mol. The molecule has 0 spiro atoms. The van der Waals surface area contributed by atoms with Crippen LogP contribution in [0.15, 0.2) is 60.9 Å². The Bertz CT molecular complexity index is 1390. The summed E-state index contributed by atoms with van der Waals surface area (Å²) in [4.78, 5) is 29.0. The minimum Gasteiger partial charge on any atom is -0.464 e. The molecule has 3 aromatic rings. The molecule has 0 bridgehead atoms. The van der Waals surface area contributed by atoms with Crippen molar-refractivity contribution < 1.29 is 41.0 Å². The molecule has 1 fully saturated rings. The molecule has 4 rings (SSSR count). The number of aromatic nitrogens is 1. The maximum atomic E-state index is 15.0. The van der Waals surface area contributed by atoms with Crippen LogP contribution in [0.5, 0.6) is 0 Å². The molecule has 0 saturated carbocycles. The lowest BCUT2D eigenvalue weighted by Crippen LogP contribution is -2.49. The van der Waals surface area contributed by atoms with Gasteiger partial charge in [0.05, 0.1) is 43.8 Å². The number of carbonyl (C=O) groups excluding carboxylic acids is 2. The topological polar surface area (TPSA) is 104 Å². The molecule has 1 saturated heterocycles. The van der Waals surface area contributed by atoms with Gasteiger partial charge in [-0.2, -0.15) is 13.2 Å². The van der Waals surface area contributed by atoms with Crippen LogP contribution in [-0.2, 0) is 31.9 Å². The second-order valence-electron chi connectivity index (χ2n) is 10.9. The van der Waals surface area contributed by atoms with Crippen LogP contribution >= 0.6 is 11.6 Å². The van der Waals surface area contributed by atoms with Gasteiger partial charge in [0.15, 0.2) is 5.78 Å². The zero-order valence-corrected chi connectivity index (χ0v) is 24.9. The molecular weight excluding hydrogens is 621 g/mol. The average Bonchev–Trinajstić information content (AvgIpc) is 3.01. The molecule has 0 aliphatic carbocycles. The number of carbonyl (C=O) groups is 2. The molecule has 2 aromatic carbocycles. The maximum absolute atomic E-state index is 15.0. The summed E-state index contributed by atoms with van der Waals surface area (Å²) in [5.41, 5.74) is 8.55. The summed E-state index contributed by atoms with van der Waals surface area (Å²) in [5, 5.41) is 3.63. The number of benzene rings is 2. The van der Waals surface area contributed by atoms with E-state index < -0.39 is 54.6 Å². The number of esters is 1. The number of nitrogens with two attached hydrogens (primary N) is 1. The summed E-state index contributed by atoms with van der Waals surface area (Å²) in [5.74, 6) is -2.92. The van der Waals surface area contributed by atoms with Crippen LogP contribution in [0.2, 0.25) is 5.02 Å². The second-order valence-corrected chi connectivity index (χ2v) is 11.3. The SMILES string of the molecule is N[C@H](C(=O)Cc1cncc(F)c1CC[C@@H]1CN[C@H](COC(=O)CCC(F)(F)F)CO1)[C@H](c1ccc(F)cc1)c1ccc(Cl)cc1. The number of halogens is 6. The lowest BCUT2D eigenvalue weighted by molar-refractivity contribution is -0.158. The third-order valence-electron chi connectivity index (χ3n) is 7.59. The van der Waals surface area contributed by atoms with E-state index in [0.717, 1.165) is 6.20 Å². The van der Waals surface area contributed by atoms with Gasteiger partial charge in [-0.1, -0.05) is 35.9 Å². The third-order valence-corrected chi connectivity index (χ3v) is 7.84. The number of ketones is 1. The van der Waals surface area contributed by atoms with E-state index in [4.69, 9.17) is 26.8 Å². The van der Waals surface area contributed by atoms with E-state index in [1.54, 1.807) is 36.4 Å². The van der Waals surface area contributed by atoms with E-state index in [2.05, 4.69) is 10.3 Å². The lowest BCUT2D eigenvalue weighted by atomic mass is 9.82. The molecule has 1 aromatic heterocycles. The number of nitrogens with zero attached hydrogens (tertiary/aromatic N) is 1. The summed E-state index contributed by atoms with van der Waals surface area (Å²) < 4.78 is 76.2. The summed E-state index contributed by atoms with van der Waals surface area (Å²) in [6.45, 7) is 0.354. The van der Waals surface area contributed by atoms with Gasteiger partial charge < -0.3 is 20.5 Å². The van der Waals surface area contributed by atoms with Crippen molar-refractivity contribution in [3.05, 3.63) is 99.8 Å². The van der Waals surface area contributed by atoms with Crippen molar-refractivity contribution in [1.82, 2.24) is 10.3 Å². The Morgan fingerprint density at radius 2 is 1.73 bits per heavy atom. The Kier molecular flexibility index (Phi) is 12.0. The normalized spacial score (nSPS) is 18.3. The van der Waals surface area contributed by atoms with Gasteiger partial charge in [-0.25, -0.2) is 8.78 Å².